The van der Waals surface area contributed by atoms with Crippen LogP contribution >= 0.6 is 0 Å². The first-order valence-corrected chi connectivity index (χ1v) is 14.6. The lowest BCUT2D eigenvalue weighted by atomic mass is 9.81. The van der Waals surface area contributed by atoms with E-state index in [-0.39, 0.29) is 11.8 Å². The minimum absolute atomic E-state index is 0.0646. The van der Waals surface area contributed by atoms with Gasteiger partial charge in [0.15, 0.2) is 15.7 Å². The SMILES string of the molecule is CCS(=O)(=O)C1(c2cc(N3CCOC[C@@H]3C)nc(-c3ccc(NC(=O)Oc4ccccc4)cc3)n2)CCC1. The van der Waals surface area contributed by atoms with E-state index in [0.717, 1.165) is 12.0 Å². The maximum absolute atomic E-state index is 13.2. The van der Waals surface area contributed by atoms with E-state index in [1.807, 2.05) is 24.3 Å². The molecule has 0 unspecified atom stereocenters. The minimum Gasteiger partial charge on any atom is -0.410 e. The molecule has 0 spiro atoms. The van der Waals surface area contributed by atoms with Crippen LogP contribution in [0.25, 0.3) is 11.4 Å². The number of anilines is 2. The molecule has 5 rings (SSSR count). The van der Waals surface area contributed by atoms with Crippen LogP contribution in [0.5, 0.6) is 5.75 Å². The number of morpholine rings is 1. The summed E-state index contributed by atoms with van der Waals surface area (Å²) in [4.78, 5) is 24.1. The minimum atomic E-state index is -3.38. The number of nitrogens with one attached hydrogen (secondary N) is 1. The monoisotopic (exact) mass is 536 g/mol. The summed E-state index contributed by atoms with van der Waals surface area (Å²) in [5.41, 5.74) is 1.83. The van der Waals surface area contributed by atoms with E-state index >= 15 is 0 Å². The number of ether oxygens (including phenoxy) is 2. The van der Waals surface area contributed by atoms with Crippen molar-refractivity contribution >= 4 is 27.4 Å². The molecule has 0 bridgehead atoms. The van der Waals surface area contributed by atoms with Gasteiger partial charge in [0.25, 0.3) is 0 Å². The maximum atomic E-state index is 13.2. The van der Waals surface area contributed by atoms with Gasteiger partial charge in [-0.15, -0.1) is 0 Å². The Hall–Kier alpha value is -3.50. The van der Waals surface area contributed by atoms with Gasteiger partial charge in [0.05, 0.1) is 24.9 Å². The Bertz CT molecular complexity index is 1390. The van der Waals surface area contributed by atoms with Crippen molar-refractivity contribution in [2.45, 2.75) is 43.9 Å². The molecular formula is C28H32N4O5S. The summed E-state index contributed by atoms with van der Waals surface area (Å²) in [7, 11) is -3.38. The fraction of sp³-hybridized carbons (Fsp3) is 0.393. The number of para-hydroxylation sites is 1. The lowest BCUT2D eigenvalue weighted by Gasteiger charge is -2.41. The number of hydrogen-bond acceptors (Lipinski definition) is 8. The Kier molecular flexibility index (Phi) is 7.36. The van der Waals surface area contributed by atoms with E-state index < -0.39 is 20.7 Å². The normalized spacial score (nSPS) is 18.9. The second kappa shape index (κ2) is 10.7. The number of rotatable bonds is 7. The van der Waals surface area contributed by atoms with Crippen LogP contribution in [-0.4, -0.2) is 56.0 Å². The molecule has 10 heteroatoms. The highest BCUT2D eigenvalue weighted by atomic mass is 32.2. The number of aromatic nitrogens is 2. The van der Waals surface area contributed by atoms with Crippen molar-refractivity contribution in [2.75, 3.05) is 35.7 Å². The van der Waals surface area contributed by atoms with Gasteiger partial charge in [0, 0.05) is 29.6 Å². The summed E-state index contributed by atoms with van der Waals surface area (Å²) in [6.07, 6.45) is 1.37. The number of benzene rings is 2. The molecule has 2 aromatic carbocycles. The van der Waals surface area contributed by atoms with E-state index in [1.165, 1.54) is 0 Å². The summed E-state index contributed by atoms with van der Waals surface area (Å²) in [6, 6.07) is 17.9. The summed E-state index contributed by atoms with van der Waals surface area (Å²) in [5, 5.41) is 2.72. The Morgan fingerprint density at radius 2 is 1.87 bits per heavy atom. The van der Waals surface area contributed by atoms with E-state index in [1.54, 1.807) is 43.3 Å². The smallest absolute Gasteiger partial charge is 0.410 e. The molecule has 1 saturated carbocycles. The predicted octanol–water partition coefficient (Wildman–Crippen LogP) is 4.79. The van der Waals surface area contributed by atoms with Crippen molar-refractivity contribution < 1.29 is 22.7 Å². The van der Waals surface area contributed by atoms with Gasteiger partial charge in [-0.2, -0.15) is 0 Å². The number of amides is 1. The van der Waals surface area contributed by atoms with Crippen LogP contribution in [0.2, 0.25) is 0 Å². The Balaban J connectivity index is 1.46. The first kappa shape index (κ1) is 26.1. The lowest BCUT2D eigenvalue weighted by molar-refractivity contribution is 0.0985. The molecule has 2 heterocycles. The van der Waals surface area contributed by atoms with E-state index in [2.05, 4.69) is 17.1 Å². The number of nitrogens with zero attached hydrogens (tertiary/aromatic N) is 3. The molecule has 200 valence electrons. The zero-order valence-corrected chi connectivity index (χ0v) is 22.4. The van der Waals surface area contributed by atoms with Crippen LogP contribution in [0.3, 0.4) is 0 Å². The summed E-state index contributed by atoms with van der Waals surface area (Å²) in [6.45, 7) is 5.58. The van der Waals surface area contributed by atoms with Crippen LogP contribution < -0.4 is 15.0 Å². The molecule has 3 aromatic rings. The molecule has 38 heavy (non-hydrogen) atoms. The first-order valence-electron chi connectivity index (χ1n) is 12.9. The van der Waals surface area contributed by atoms with Gasteiger partial charge in [-0.3, -0.25) is 5.32 Å². The van der Waals surface area contributed by atoms with Crippen LogP contribution in [0, 0.1) is 0 Å². The molecule has 1 N–H and O–H groups in total. The Labute approximate surface area is 223 Å². The van der Waals surface area contributed by atoms with Crippen LogP contribution in [0.15, 0.2) is 60.7 Å². The van der Waals surface area contributed by atoms with Crippen LogP contribution in [-0.2, 0) is 19.3 Å². The highest BCUT2D eigenvalue weighted by molar-refractivity contribution is 7.92. The average molecular weight is 537 g/mol. The van der Waals surface area contributed by atoms with Crippen LogP contribution in [0.1, 0.15) is 38.8 Å². The maximum Gasteiger partial charge on any atom is 0.417 e. The van der Waals surface area contributed by atoms with E-state index in [0.29, 0.717) is 61.4 Å². The van der Waals surface area contributed by atoms with Gasteiger partial charge in [-0.05, 0) is 62.6 Å². The fourth-order valence-electron chi connectivity index (χ4n) is 4.95. The van der Waals surface area contributed by atoms with Crippen molar-refractivity contribution in [1.29, 1.82) is 0 Å². The zero-order valence-electron chi connectivity index (χ0n) is 21.6. The Morgan fingerprint density at radius 1 is 1.13 bits per heavy atom. The summed E-state index contributed by atoms with van der Waals surface area (Å²) in [5.74, 6) is 1.66. The molecule has 2 aliphatic rings. The molecule has 9 nitrogen and oxygen atoms in total. The van der Waals surface area contributed by atoms with Gasteiger partial charge in [-0.25, -0.2) is 23.2 Å². The largest absolute Gasteiger partial charge is 0.417 e. The van der Waals surface area contributed by atoms with Crippen molar-refractivity contribution in [3.63, 3.8) is 0 Å². The highest BCUT2D eigenvalue weighted by Crippen LogP contribution is 2.48. The van der Waals surface area contributed by atoms with Crippen molar-refractivity contribution in [3.8, 4) is 17.1 Å². The van der Waals surface area contributed by atoms with Gasteiger partial charge in [0.2, 0.25) is 0 Å². The fourth-order valence-corrected chi connectivity index (χ4v) is 6.84. The second-order valence-corrected chi connectivity index (χ2v) is 12.3. The third-order valence-corrected chi connectivity index (χ3v) is 9.89. The molecule has 2 fully saturated rings. The Morgan fingerprint density at radius 3 is 2.50 bits per heavy atom. The van der Waals surface area contributed by atoms with Gasteiger partial charge in [0.1, 0.15) is 16.3 Å². The standard InChI is InChI=1S/C28H32N4O5S/c1-3-38(34,35)28(14-7-15-28)24-18-25(32-16-17-36-19-20(32)2)31-26(30-24)21-10-12-22(13-11-21)29-27(33)37-23-8-5-4-6-9-23/h4-6,8-13,18,20H,3,7,14-17,19H2,1-2H3,(H,29,33)/t20-/m0/s1. The number of carbonyl (C=O) groups excluding carboxylic acids is 1. The topological polar surface area (TPSA) is 111 Å². The van der Waals surface area contributed by atoms with E-state index in [4.69, 9.17) is 19.4 Å². The average Bonchev–Trinajstić information content (AvgIpc) is 2.89. The molecule has 1 amide bonds. The number of carbonyl (C=O) groups is 1. The predicted molar refractivity (Wildman–Crippen MR) is 146 cm³/mol. The third kappa shape index (κ3) is 5.10. The molecular weight excluding hydrogens is 504 g/mol. The van der Waals surface area contributed by atoms with Crippen molar-refractivity contribution in [1.82, 2.24) is 9.97 Å². The number of hydrogen-bond donors (Lipinski definition) is 1. The zero-order chi connectivity index (χ0) is 26.8. The molecule has 1 aromatic heterocycles. The molecule has 1 aliphatic heterocycles. The summed E-state index contributed by atoms with van der Waals surface area (Å²) >= 11 is 0. The third-order valence-electron chi connectivity index (χ3n) is 7.32. The highest BCUT2D eigenvalue weighted by Gasteiger charge is 2.51. The first-order chi connectivity index (χ1) is 18.3. The van der Waals surface area contributed by atoms with Gasteiger partial charge < -0.3 is 14.4 Å². The van der Waals surface area contributed by atoms with Crippen molar-refractivity contribution in [3.05, 3.63) is 66.4 Å². The lowest BCUT2D eigenvalue weighted by Crippen LogP contribution is -2.46. The molecule has 1 saturated heterocycles. The molecule has 1 aliphatic carbocycles. The van der Waals surface area contributed by atoms with Crippen molar-refractivity contribution in [2.24, 2.45) is 0 Å². The van der Waals surface area contributed by atoms with Gasteiger partial charge >= 0.3 is 6.09 Å². The second-order valence-electron chi connectivity index (χ2n) is 9.71. The van der Waals surface area contributed by atoms with E-state index in [9.17, 15) is 13.2 Å². The summed E-state index contributed by atoms with van der Waals surface area (Å²) < 4.78 is 36.4. The quantitative estimate of drug-likeness (QED) is 0.459. The van der Waals surface area contributed by atoms with Crippen LogP contribution in [0.4, 0.5) is 16.3 Å². The molecule has 0 radical (unpaired) electrons. The number of sulfone groups is 1. The molecule has 1 atom stereocenters. The van der Waals surface area contributed by atoms with Gasteiger partial charge in [-0.1, -0.05) is 25.1 Å².